The fourth-order valence-corrected chi connectivity index (χ4v) is 3.18. The molecule has 0 fully saturated rings. The Bertz CT molecular complexity index is 503. The topological polar surface area (TPSA) is 71.4 Å². The lowest BCUT2D eigenvalue weighted by Gasteiger charge is -2.08. The van der Waals surface area contributed by atoms with Gasteiger partial charge in [-0.25, -0.2) is 13.2 Å². The van der Waals surface area contributed by atoms with Gasteiger partial charge in [-0.05, 0) is 31.0 Å². The van der Waals surface area contributed by atoms with Crippen molar-refractivity contribution in [3.05, 3.63) is 29.3 Å². The molecule has 1 aromatic rings. The smallest absolute Gasteiger partial charge is 0.335 e. The van der Waals surface area contributed by atoms with Crippen LogP contribution in [0.4, 0.5) is 0 Å². The van der Waals surface area contributed by atoms with Crippen molar-refractivity contribution in [2.24, 2.45) is 0 Å². The molecule has 0 aliphatic rings. The van der Waals surface area contributed by atoms with Crippen LogP contribution in [0, 0.1) is 6.92 Å². The van der Waals surface area contributed by atoms with Crippen LogP contribution in [0.1, 0.15) is 29.3 Å². The first-order chi connectivity index (χ1) is 7.40. The molecule has 0 radical (unpaired) electrons. The van der Waals surface area contributed by atoms with Crippen molar-refractivity contribution in [3.8, 4) is 0 Å². The Morgan fingerprint density at radius 1 is 1.38 bits per heavy atom. The number of hydrogen-bond donors (Lipinski definition) is 1. The number of rotatable bonds is 4. The van der Waals surface area contributed by atoms with Gasteiger partial charge in [0.15, 0.2) is 9.84 Å². The molecule has 0 heterocycles. The Balaban J connectivity index is 3.37. The predicted molar refractivity (Wildman–Crippen MR) is 60.5 cm³/mol. The first-order valence-corrected chi connectivity index (χ1v) is 6.61. The van der Waals surface area contributed by atoms with Crippen LogP contribution < -0.4 is 0 Å². The molecular weight excluding hydrogens is 228 g/mol. The summed E-state index contributed by atoms with van der Waals surface area (Å²) in [4.78, 5) is 11.0. The molecule has 5 heteroatoms. The summed E-state index contributed by atoms with van der Waals surface area (Å²) in [6.45, 7) is 3.29. The lowest BCUT2D eigenvalue weighted by atomic mass is 10.1. The van der Waals surface area contributed by atoms with E-state index in [0.29, 0.717) is 12.0 Å². The van der Waals surface area contributed by atoms with E-state index in [1.807, 2.05) is 0 Å². The third-order valence-electron chi connectivity index (χ3n) is 2.32. The molecule has 0 bridgehead atoms. The van der Waals surface area contributed by atoms with Gasteiger partial charge in [0.2, 0.25) is 0 Å². The summed E-state index contributed by atoms with van der Waals surface area (Å²) < 4.78 is 23.7. The van der Waals surface area contributed by atoms with E-state index in [1.54, 1.807) is 6.92 Å². The van der Waals surface area contributed by atoms with Crippen LogP contribution in [0.15, 0.2) is 23.1 Å². The minimum Gasteiger partial charge on any atom is -0.478 e. The van der Waals surface area contributed by atoms with Crippen molar-refractivity contribution in [2.45, 2.75) is 25.2 Å². The zero-order chi connectivity index (χ0) is 12.3. The summed E-state index contributed by atoms with van der Waals surface area (Å²) >= 11 is 0. The van der Waals surface area contributed by atoms with Crippen molar-refractivity contribution in [3.63, 3.8) is 0 Å². The Kier molecular flexibility index (Phi) is 3.70. The van der Waals surface area contributed by atoms with Crippen molar-refractivity contribution in [2.75, 3.05) is 5.75 Å². The third kappa shape index (κ3) is 2.41. The van der Waals surface area contributed by atoms with Crippen LogP contribution in [0.25, 0.3) is 0 Å². The fourth-order valence-electron chi connectivity index (χ4n) is 1.56. The van der Waals surface area contributed by atoms with Crippen LogP contribution in [-0.2, 0) is 9.84 Å². The highest BCUT2D eigenvalue weighted by Gasteiger charge is 2.19. The van der Waals surface area contributed by atoms with Crippen molar-refractivity contribution >= 4 is 15.8 Å². The molecule has 0 aliphatic carbocycles. The van der Waals surface area contributed by atoms with E-state index in [1.165, 1.54) is 25.1 Å². The zero-order valence-electron chi connectivity index (χ0n) is 9.23. The molecule has 88 valence electrons. The van der Waals surface area contributed by atoms with Crippen LogP contribution in [0.2, 0.25) is 0 Å². The van der Waals surface area contributed by atoms with Gasteiger partial charge in [0.1, 0.15) is 0 Å². The Morgan fingerprint density at radius 3 is 2.50 bits per heavy atom. The number of benzene rings is 1. The Hall–Kier alpha value is -1.36. The number of hydrogen-bond acceptors (Lipinski definition) is 3. The summed E-state index contributed by atoms with van der Waals surface area (Å²) in [5, 5.41) is 8.89. The Labute approximate surface area is 94.8 Å². The summed E-state index contributed by atoms with van der Waals surface area (Å²) in [5.41, 5.74) is 0.348. The second-order valence-electron chi connectivity index (χ2n) is 3.55. The summed E-state index contributed by atoms with van der Waals surface area (Å²) in [6.07, 6.45) is 0.513. The lowest BCUT2D eigenvalue weighted by Crippen LogP contribution is -2.10. The molecule has 0 aliphatic heterocycles. The quantitative estimate of drug-likeness (QED) is 0.875. The Morgan fingerprint density at radius 2 is 2.00 bits per heavy atom. The lowest BCUT2D eigenvalue weighted by molar-refractivity contribution is 0.0696. The first-order valence-electron chi connectivity index (χ1n) is 4.95. The molecule has 1 rings (SSSR count). The maximum Gasteiger partial charge on any atom is 0.335 e. The zero-order valence-corrected chi connectivity index (χ0v) is 10.0. The molecule has 1 N–H and O–H groups in total. The van der Waals surface area contributed by atoms with Gasteiger partial charge >= 0.3 is 5.97 Å². The standard InChI is InChI=1S/C11H14O4S/c1-3-7-16(14,15)10-6-4-5-9(8(10)2)11(12)13/h4-6H,3,7H2,1-2H3,(H,12,13). The largest absolute Gasteiger partial charge is 0.478 e. The normalized spacial score (nSPS) is 11.4. The van der Waals surface area contributed by atoms with Crippen molar-refractivity contribution < 1.29 is 18.3 Å². The highest BCUT2D eigenvalue weighted by Crippen LogP contribution is 2.20. The fraction of sp³-hybridized carbons (Fsp3) is 0.364. The second-order valence-corrected chi connectivity index (χ2v) is 5.63. The molecule has 0 amide bonds. The minimum atomic E-state index is -3.36. The van der Waals surface area contributed by atoms with Gasteiger partial charge in [-0.1, -0.05) is 13.0 Å². The molecule has 16 heavy (non-hydrogen) atoms. The molecule has 0 spiro atoms. The average Bonchev–Trinajstić information content (AvgIpc) is 2.17. The second kappa shape index (κ2) is 4.65. The van der Waals surface area contributed by atoms with Crippen molar-refractivity contribution in [1.29, 1.82) is 0 Å². The highest BCUT2D eigenvalue weighted by molar-refractivity contribution is 7.91. The summed E-state index contributed by atoms with van der Waals surface area (Å²) in [7, 11) is -3.36. The molecule has 0 aromatic heterocycles. The summed E-state index contributed by atoms with van der Waals surface area (Å²) in [5.74, 6) is -1.07. The van der Waals surface area contributed by atoms with E-state index in [2.05, 4.69) is 0 Å². The molecule has 0 atom stereocenters. The van der Waals surface area contributed by atoms with Crippen molar-refractivity contribution in [1.82, 2.24) is 0 Å². The minimum absolute atomic E-state index is 0.0386. The number of carboxylic acid groups (broad SMARTS) is 1. The monoisotopic (exact) mass is 242 g/mol. The molecule has 0 saturated carbocycles. The van der Waals surface area contributed by atoms with Gasteiger partial charge in [0.05, 0.1) is 16.2 Å². The van der Waals surface area contributed by atoms with E-state index in [-0.39, 0.29) is 16.2 Å². The van der Waals surface area contributed by atoms with Gasteiger partial charge in [0, 0.05) is 0 Å². The molecular formula is C11H14O4S. The highest BCUT2D eigenvalue weighted by atomic mass is 32.2. The average molecular weight is 242 g/mol. The van der Waals surface area contributed by atoms with Crippen LogP contribution in [0.3, 0.4) is 0 Å². The maximum absolute atomic E-state index is 11.8. The van der Waals surface area contributed by atoms with Gasteiger partial charge in [-0.15, -0.1) is 0 Å². The number of aromatic carboxylic acids is 1. The SMILES string of the molecule is CCCS(=O)(=O)c1cccc(C(=O)O)c1C. The van der Waals surface area contributed by atoms with Gasteiger partial charge in [-0.3, -0.25) is 0 Å². The van der Waals surface area contributed by atoms with Gasteiger partial charge in [-0.2, -0.15) is 0 Å². The van der Waals surface area contributed by atoms with Crippen LogP contribution in [0.5, 0.6) is 0 Å². The number of carbonyl (C=O) groups is 1. The first kappa shape index (κ1) is 12.7. The third-order valence-corrected chi connectivity index (χ3v) is 4.38. The number of sulfone groups is 1. The van der Waals surface area contributed by atoms with Crippen LogP contribution >= 0.6 is 0 Å². The number of carboxylic acids is 1. The molecule has 0 unspecified atom stereocenters. The van der Waals surface area contributed by atoms with E-state index in [9.17, 15) is 13.2 Å². The van der Waals surface area contributed by atoms with E-state index in [0.717, 1.165) is 0 Å². The van der Waals surface area contributed by atoms with E-state index in [4.69, 9.17) is 5.11 Å². The summed E-state index contributed by atoms with van der Waals surface area (Å²) in [6, 6.07) is 4.31. The van der Waals surface area contributed by atoms with E-state index < -0.39 is 15.8 Å². The molecule has 1 aromatic carbocycles. The molecule has 4 nitrogen and oxygen atoms in total. The molecule has 0 saturated heterocycles. The van der Waals surface area contributed by atoms with Gasteiger partial charge < -0.3 is 5.11 Å². The van der Waals surface area contributed by atoms with Crippen LogP contribution in [-0.4, -0.2) is 25.2 Å². The predicted octanol–water partition coefficient (Wildman–Crippen LogP) is 1.88. The maximum atomic E-state index is 11.8. The van der Waals surface area contributed by atoms with E-state index >= 15 is 0 Å². The van der Waals surface area contributed by atoms with Gasteiger partial charge in [0.25, 0.3) is 0 Å².